The zero-order valence-corrected chi connectivity index (χ0v) is 25.0. The van der Waals surface area contributed by atoms with Gasteiger partial charge in [0.1, 0.15) is 11.4 Å². The van der Waals surface area contributed by atoms with Gasteiger partial charge in [0.25, 0.3) is 11.5 Å². The molecule has 4 aromatic rings. The van der Waals surface area contributed by atoms with E-state index in [2.05, 4.69) is 20.7 Å². The van der Waals surface area contributed by atoms with Crippen LogP contribution in [0.2, 0.25) is 10.0 Å². The van der Waals surface area contributed by atoms with E-state index >= 15 is 4.39 Å². The molecule has 5 rings (SSSR count). The molecule has 1 saturated carbocycles. The topological polar surface area (TPSA) is 118 Å². The molecular formula is C31H30Cl2FN5O4. The summed E-state index contributed by atoms with van der Waals surface area (Å²) in [7, 11) is 2.87. The summed E-state index contributed by atoms with van der Waals surface area (Å²) in [5.41, 5.74) is 1.64. The fraction of sp³-hybridized carbons (Fsp3) is 0.290. The summed E-state index contributed by atoms with van der Waals surface area (Å²) in [4.78, 5) is 29.7. The lowest BCUT2D eigenvalue weighted by Gasteiger charge is -2.28. The molecule has 3 N–H and O–H groups in total. The van der Waals surface area contributed by atoms with Crippen LogP contribution in [0.25, 0.3) is 22.4 Å². The van der Waals surface area contributed by atoms with E-state index in [1.807, 2.05) is 0 Å². The highest BCUT2D eigenvalue weighted by Gasteiger charge is 2.25. The van der Waals surface area contributed by atoms with E-state index in [-0.39, 0.29) is 51.0 Å². The molecule has 1 unspecified atom stereocenters. The van der Waals surface area contributed by atoms with Crippen molar-refractivity contribution < 1.29 is 19.0 Å². The van der Waals surface area contributed by atoms with E-state index in [0.29, 0.717) is 23.1 Å². The average molecular weight is 627 g/mol. The maximum Gasteiger partial charge on any atom is 0.279 e. The number of hydrogen-bond donors (Lipinski definition) is 3. The molecule has 9 nitrogen and oxygen atoms in total. The first-order chi connectivity index (χ1) is 20.7. The van der Waals surface area contributed by atoms with Crippen molar-refractivity contribution in [1.29, 1.82) is 0 Å². The van der Waals surface area contributed by atoms with Crippen LogP contribution in [0.1, 0.15) is 41.6 Å². The van der Waals surface area contributed by atoms with Gasteiger partial charge in [-0.15, -0.1) is 0 Å². The summed E-state index contributed by atoms with van der Waals surface area (Å²) in [5, 5.41) is 20.5. The average Bonchev–Trinajstić information content (AvgIpc) is 2.99. The van der Waals surface area contributed by atoms with Crippen LogP contribution < -0.4 is 20.9 Å². The van der Waals surface area contributed by atoms with Gasteiger partial charge in [-0.25, -0.2) is 14.1 Å². The zero-order chi connectivity index (χ0) is 30.7. The molecule has 1 fully saturated rings. The first kappa shape index (κ1) is 30.6. The van der Waals surface area contributed by atoms with Crippen molar-refractivity contribution >= 4 is 34.8 Å². The Balaban J connectivity index is 1.44. The number of aromatic nitrogens is 3. The molecule has 0 spiro atoms. The van der Waals surface area contributed by atoms with Crippen LogP contribution in [0.3, 0.4) is 0 Å². The number of halogens is 3. The fourth-order valence-electron chi connectivity index (χ4n) is 5.21. The summed E-state index contributed by atoms with van der Waals surface area (Å²) in [5.74, 6) is -1.05. The molecule has 0 bridgehead atoms. The smallest absolute Gasteiger partial charge is 0.279 e. The van der Waals surface area contributed by atoms with Gasteiger partial charge in [-0.1, -0.05) is 66.4 Å². The van der Waals surface area contributed by atoms with E-state index in [0.717, 1.165) is 23.9 Å². The Morgan fingerprint density at radius 3 is 2.53 bits per heavy atom. The summed E-state index contributed by atoms with van der Waals surface area (Å²) in [6.45, 7) is 0.150. The van der Waals surface area contributed by atoms with Crippen LogP contribution in [0.4, 0.5) is 10.1 Å². The van der Waals surface area contributed by atoms with Crippen molar-refractivity contribution in [2.45, 2.75) is 44.4 Å². The van der Waals surface area contributed by atoms with E-state index < -0.39 is 23.4 Å². The second-order valence-electron chi connectivity index (χ2n) is 10.3. The summed E-state index contributed by atoms with van der Waals surface area (Å²) in [6, 6.07) is 12.7. The van der Waals surface area contributed by atoms with Crippen molar-refractivity contribution in [3.63, 3.8) is 0 Å². The molecule has 1 aliphatic rings. The van der Waals surface area contributed by atoms with Crippen LogP contribution in [0.15, 0.2) is 59.5 Å². The van der Waals surface area contributed by atoms with E-state index in [9.17, 15) is 14.7 Å². The SMILES string of the molecule is COc1nc(-c2cccc(-c3cccc(NC(=O)c4ccnn(C)c4=O)c3Cl)c2Cl)cc(F)c1CNC1CCCC[C@@H]1O. The number of rotatable bonds is 8. The molecule has 0 saturated heterocycles. The van der Waals surface area contributed by atoms with Gasteiger partial charge in [0.2, 0.25) is 5.88 Å². The number of benzene rings is 2. The monoisotopic (exact) mass is 625 g/mol. The number of nitrogens with zero attached hydrogens (tertiary/aromatic N) is 3. The number of amides is 1. The van der Waals surface area contributed by atoms with E-state index in [1.165, 1.54) is 32.5 Å². The second-order valence-corrected chi connectivity index (χ2v) is 11.0. The predicted octanol–water partition coefficient (Wildman–Crippen LogP) is 5.61. The highest BCUT2D eigenvalue weighted by Crippen LogP contribution is 2.41. The predicted molar refractivity (Wildman–Crippen MR) is 164 cm³/mol. The minimum atomic E-state index is -0.638. The van der Waals surface area contributed by atoms with Crippen LogP contribution >= 0.6 is 23.2 Å². The number of carbonyl (C=O) groups excluding carboxylic acids is 1. The Labute approximate surface area is 257 Å². The molecule has 2 aromatic heterocycles. The van der Waals surface area contributed by atoms with Crippen molar-refractivity contribution in [2.24, 2.45) is 7.05 Å². The Kier molecular flexibility index (Phi) is 9.41. The number of anilines is 1. The third-order valence-electron chi connectivity index (χ3n) is 7.56. The van der Waals surface area contributed by atoms with Crippen LogP contribution in [0.5, 0.6) is 5.88 Å². The van der Waals surface area contributed by atoms with Gasteiger partial charge in [0, 0.05) is 48.6 Å². The Morgan fingerprint density at radius 2 is 1.79 bits per heavy atom. The molecule has 1 amide bonds. The van der Waals surface area contributed by atoms with Crippen molar-refractivity contribution in [2.75, 3.05) is 12.4 Å². The summed E-state index contributed by atoms with van der Waals surface area (Å²) in [6.07, 6.45) is 4.39. The molecule has 224 valence electrons. The number of ether oxygens (including phenoxy) is 1. The van der Waals surface area contributed by atoms with Crippen molar-refractivity contribution in [1.82, 2.24) is 20.1 Å². The number of aliphatic hydroxyl groups excluding tert-OH is 1. The van der Waals surface area contributed by atoms with Gasteiger partial charge < -0.3 is 20.5 Å². The third-order valence-corrected chi connectivity index (χ3v) is 8.37. The van der Waals surface area contributed by atoms with Gasteiger partial charge in [-0.2, -0.15) is 5.10 Å². The van der Waals surface area contributed by atoms with Crippen molar-refractivity contribution in [3.8, 4) is 28.3 Å². The van der Waals surface area contributed by atoms with E-state index in [1.54, 1.807) is 36.4 Å². The number of pyridine rings is 1. The highest BCUT2D eigenvalue weighted by molar-refractivity contribution is 6.39. The lowest BCUT2D eigenvalue weighted by atomic mass is 9.92. The number of aryl methyl sites for hydroxylation is 1. The molecule has 0 aliphatic heterocycles. The third kappa shape index (κ3) is 6.42. The number of aliphatic hydroxyl groups is 1. The minimum Gasteiger partial charge on any atom is -0.481 e. The normalized spacial score (nSPS) is 16.6. The lowest BCUT2D eigenvalue weighted by Crippen LogP contribution is -2.41. The first-order valence-electron chi connectivity index (χ1n) is 13.8. The quantitative estimate of drug-likeness (QED) is 0.233. The molecule has 43 heavy (non-hydrogen) atoms. The molecule has 2 aromatic carbocycles. The minimum absolute atomic E-state index is 0.0883. The van der Waals surface area contributed by atoms with Gasteiger partial charge >= 0.3 is 0 Å². The Hall–Kier alpha value is -3.83. The van der Waals surface area contributed by atoms with Gasteiger partial charge in [0.05, 0.1) is 40.2 Å². The Bertz CT molecular complexity index is 1730. The number of hydrogen-bond acceptors (Lipinski definition) is 7. The maximum absolute atomic E-state index is 15.5. The van der Waals surface area contributed by atoms with Gasteiger partial charge in [0.15, 0.2) is 0 Å². The highest BCUT2D eigenvalue weighted by atomic mass is 35.5. The largest absolute Gasteiger partial charge is 0.481 e. The van der Waals surface area contributed by atoms with Crippen LogP contribution in [0, 0.1) is 5.82 Å². The van der Waals surface area contributed by atoms with Gasteiger partial charge in [-0.3, -0.25) is 9.59 Å². The number of carbonyl (C=O) groups is 1. The Morgan fingerprint density at radius 1 is 1.09 bits per heavy atom. The van der Waals surface area contributed by atoms with E-state index in [4.69, 9.17) is 27.9 Å². The maximum atomic E-state index is 15.5. The fourth-order valence-corrected chi connectivity index (χ4v) is 5.81. The standard InChI is InChI=1S/C31H30Cl2FN5O4/c1-39-31(42)20(13-14-36-39)29(41)37-24-11-6-8-18(28(24)33)17-7-5-9-19(27(17)32)25-15-22(34)21(30(38-25)43-2)16-35-23-10-3-4-12-26(23)40/h5-9,11,13-15,23,26,35,40H,3-4,10,12,16H2,1-2H3,(H,37,41)/t23?,26-/m0/s1. The molecule has 0 radical (unpaired) electrons. The zero-order valence-electron chi connectivity index (χ0n) is 23.5. The lowest BCUT2D eigenvalue weighted by molar-refractivity contribution is 0.0899. The molecule has 2 heterocycles. The van der Waals surface area contributed by atoms with Crippen molar-refractivity contribution in [3.05, 3.63) is 92.1 Å². The van der Waals surface area contributed by atoms with Crippen LogP contribution in [-0.2, 0) is 13.6 Å². The van der Waals surface area contributed by atoms with Crippen LogP contribution in [-0.4, -0.2) is 45.0 Å². The first-order valence-corrected chi connectivity index (χ1v) is 14.5. The number of nitrogens with one attached hydrogen (secondary N) is 2. The summed E-state index contributed by atoms with van der Waals surface area (Å²) < 4.78 is 22.0. The summed E-state index contributed by atoms with van der Waals surface area (Å²) >= 11 is 13.6. The molecular weight excluding hydrogens is 596 g/mol. The molecule has 2 atom stereocenters. The second kappa shape index (κ2) is 13.2. The molecule has 12 heteroatoms. The van der Waals surface area contributed by atoms with Gasteiger partial charge in [-0.05, 0) is 25.0 Å². The molecule has 1 aliphatic carbocycles. The number of methoxy groups -OCH3 is 1.